The van der Waals surface area contributed by atoms with Crippen LogP contribution < -0.4 is 10.6 Å². The number of rotatable bonds is 6. The smallest absolute Gasteiger partial charge is 0.358 e. The molecule has 0 aliphatic heterocycles. The predicted molar refractivity (Wildman–Crippen MR) is 86.6 cm³/mol. The van der Waals surface area contributed by atoms with Crippen LogP contribution in [0.15, 0.2) is 30.9 Å². The van der Waals surface area contributed by atoms with E-state index in [1.165, 1.54) is 35.4 Å². The summed E-state index contributed by atoms with van der Waals surface area (Å²) in [4.78, 5) is 28.6. The van der Waals surface area contributed by atoms with Crippen molar-refractivity contribution in [1.29, 1.82) is 0 Å². The van der Waals surface area contributed by atoms with E-state index < -0.39 is 17.6 Å². The van der Waals surface area contributed by atoms with Gasteiger partial charge in [0, 0.05) is 7.05 Å². The molecule has 0 unspecified atom stereocenters. The summed E-state index contributed by atoms with van der Waals surface area (Å²) in [6.45, 7) is -0.205. The first-order valence-electron chi connectivity index (χ1n) is 7.46. The zero-order valence-electron chi connectivity index (χ0n) is 14.0. The minimum absolute atomic E-state index is 0.0254. The van der Waals surface area contributed by atoms with Crippen LogP contribution in [0.25, 0.3) is 5.69 Å². The standard InChI is InChI=1S/C15H17F3N6O2/c1-19-13(25)6-23(2)7-14(26)22-11-5-10(15(16,17)18)3-4-12(11)24-9-20-8-21-24/h3-5,8-9H,6-7H2,1-2H3,(H,19,25)(H,22,26). The molecule has 0 atom stereocenters. The molecule has 0 spiro atoms. The lowest BCUT2D eigenvalue weighted by molar-refractivity contribution is -0.137. The van der Waals surface area contributed by atoms with Gasteiger partial charge in [0.05, 0.1) is 30.0 Å². The van der Waals surface area contributed by atoms with Gasteiger partial charge >= 0.3 is 6.18 Å². The van der Waals surface area contributed by atoms with E-state index in [-0.39, 0.29) is 30.4 Å². The zero-order valence-corrected chi connectivity index (χ0v) is 14.0. The van der Waals surface area contributed by atoms with Crippen molar-refractivity contribution in [3.05, 3.63) is 36.4 Å². The van der Waals surface area contributed by atoms with Crippen molar-refractivity contribution in [2.45, 2.75) is 6.18 Å². The van der Waals surface area contributed by atoms with Crippen molar-refractivity contribution in [3.8, 4) is 5.69 Å². The van der Waals surface area contributed by atoms with E-state index in [2.05, 4.69) is 20.7 Å². The van der Waals surface area contributed by atoms with E-state index in [9.17, 15) is 22.8 Å². The number of alkyl halides is 3. The van der Waals surface area contributed by atoms with E-state index in [4.69, 9.17) is 0 Å². The van der Waals surface area contributed by atoms with Crippen LogP contribution >= 0.6 is 0 Å². The number of hydrogen-bond acceptors (Lipinski definition) is 5. The van der Waals surface area contributed by atoms with Gasteiger partial charge in [-0.1, -0.05) is 0 Å². The van der Waals surface area contributed by atoms with Crippen LogP contribution in [0.1, 0.15) is 5.56 Å². The summed E-state index contributed by atoms with van der Waals surface area (Å²) in [6.07, 6.45) is -2.03. The second kappa shape index (κ2) is 7.95. The van der Waals surface area contributed by atoms with Crippen molar-refractivity contribution in [2.75, 3.05) is 32.5 Å². The average Bonchev–Trinajstić information content (AvgIpc) is 3.07. The summed E-state index contributed by atoms with van der Waals surface area (Å²) in [7, 11) is 3.00. The van der Waals surface area contributed by atoms with Crippen LogP contribution in [-0.4, -0.2) is 58.7 Å². The number of likely N-dealkylation sites (N-methyl/N-ethyl adjacent to an activating group) is 2. The van der Waals surface area contributed by atoms with E-state index in [1.807, 2.05) is 0 Å². The highest BCUT2D eigenvalue weighted by atomic mass is 19.4. The normalized spacial score (nSPS) is 11.5. The van der Waals surface area contributed by atoms with Gasteiger partial charge in [-0.25, -0.2) is 9.67 Å². The highest BCUT2D eigenvalue weighted by Gasteiger charge is 2.31. The minimum atomic E-state index is -4.56. The van der Waals surface area contributed by atoms with Crippen LogP contribution in [-0.2, 0) is 15.8 Å². The number of carbonyl (C=O) groups excluding carboxylic acids is 2. The van der Waals surface area contributed by atoms with Crippen LogP contribution in [0.2, 0.25) is 0 Å². The molecule has 2 rings (SSSR count). The number of benzene rings is 1. The molecule has 0 aliphatic carbocycles. The van der Waals surface area contributed by atoms with Crippen molar-refractivity contribution < 1.29 is 22.8 Å². The number of anilines is 1. The lowest BCUT2D eigenvalue weighted by Crippen LogP contribution is -2.37. The van der Waals surface area contributed by atoms with E-state index in [0.717, 1.165) is 12.1 Å². The van der Waals surface area contributed by atoms with Gasteiger partial charge in [0.2, 0.25) is 11.8 Å². The van der Waals surface area contributed by atoms with Gasteiger partial charge in [0.15, 0.2) is 0 Å². The first-order chi connectivity index (χ1) is 12.2. The average molecular weight is 370 g/mol. The molecule has 1 aromatic carbocycles. The lowest BCUT2D eigenvalue weighted by Gasteiger charge is -2.17. The Kier molecular flexibility index (Phi) is 5.93. The maximum absolute atomic E-state index is 13.0. The Labute approximate surface area is 147 Å². The van der Waals surface area contributed by atoms with E-state index in [0.29, 0.717) is 0 Å². The number of carbonyl (C=O) groups is 2. The maximum atomic E-state index is 13.0. The Morgan fingerprint density at radius 2 is 1.92 bits per heavy atom. The maximum Gasteiger partial charge on any atom is 0.416 e. The fraction of sp³-hybridized carbons (Fsp3) is 0.333. The van der Waals surface area contributed by atoms with Crippen molar-refractivity contribution in [1.82, 2.24) is 25.0 Å². The summed E-state index contributed by atoms with van der Waals surface area (Å²) >= 11 is 0. The summed E-state index contributed by atoms with van der Waals surface area (Å²) in [5.41, 5.74) is -0.739. The third-order valence-corrected chi connectivity index (χ3v) is 3.37. The summed E-state index contributed by atoms with van der Waals surface area (Å²) < 4.78 is 40.2. The van der Waals surface area contributed by atoms with Gasteiger partial charge in [0.1, 0.15) is 12.7 Å². The predicted octanol–water partition coefficient (Wildman–Crippen LogP) is 0.902. The number of hydrogen-bond donors (Lipinski definition) is 2. The highest BCUT2D eigenvalue weighted by Crippen LogP contribution is 2.33. The molecule has 2 amide bonds. The molecule has 2 N–H and O–H groups in total. The van der Waals surface area contributed by atoms with Crippen molar-refractivity contribution in [3.63, 3.8) is 0 Å². The van der Waals surface area contributed by atoms with Crippen LogP contribution in [0, 0.1) is 0 Å². The van der Waals surface area contributed by atoms with Gasteiger partial charge in [-0.2, -0.15) is 18.3 Å². The first kappa shape index (κ1) is 19.4. The number of halogens is 3. The fourth-order valence-electron chi connectivity index (χ4n) is 2.16. The molecule has 26 heavy (non-hydrogen) atoms. The van der Waals surface area contributed by atoms with Crippen LogP contribution in [0.5, 0.6) is 0 Å². The summed E-state index contributed by atoms with van der Waals surface area (Å²) in [5, 5.41) is 8.71. The molecular weight excluding hydrogens is 353 g/mol. The molecule has 2 aromatic rings. The molecule has 0 radical (unpaired) electrons. The molecule has 0 aliphatic rings. The molecule has 0 saturated carbocycles. The van der Waals surface area contributed by atoms with Crippen LogP contribution in [0.3, 0.4) is 0 Å². The van der Waals surface area contributed by atoms with Crippen molar-refractivity contribution >= 4 is 17.5 Å². The first-order valence-corrected chi connectivity index (χ1v) is 7.46. The molecular formula is C15H17F3N6O2. The van der Waals surface area contributed by atoms with Gasteiger partial charge in [-0.05, 0) is 25.2 Å². The molecule has 11 heteroatoms. The second-order valence-electron chi connectivity index (χ2n) is 5.46. The Hall–Kier alpha value is -2.95. The number of nitrogens with zero attached hydrogens (tertiary/aromatic N) is 4. The summed E-state index contributed by atoms with van der Waals surface area (Å²) in [5.74, 6) is -0.861. The van der Waals surface area contributed by atoms with Gasteiger partial charge in [-0.3, -0.25) is 14.5 Å². The highest BCUT2D eigenvalue weighted by molar-refractivity contribution is 5.94. The largest absolute Gasteiger partial charge is 0.416 e. The quantitative estimate of drug-likeness (QED) is 0.788. The number of aromatic nitrogens is 3. The lowest BCUT2D eigenvalue weighted by atomic mass is 10.1. The SMILES string of the molecule is CNC(=O)CN(C)CC(=O)Nc1cc(C(F)(F)F)ccc1-n1cncn1. The van der Waals surface area contributed by atoms with Gasteiger partial charge in [-0.15, -0.1) is 0 Å². The molecule has 8 nitrogen and oxygen atoms in total. The Morgan fingerprint density at radius 3 is 2.50 bits per heavy atom. The summed E-state index contributed by atoms with van der Waals surface area (Å²) in [6, 6.07) is 2.92. The third kappa shape index (κ3) is 5.02. The molecule has 1 aromatic heterocycles. The molecule has 0 saturated heterocycles. The zero-order chi connectivity index (χ0) is 19.3. The third-order valence-electron chi connectivity index (χ3n) is 3.37. The molecule has 0 bridgehead atoms. The minimum Gasteiger partial charge on any atom is -0.358 e. The van der Waals surface area contributed by atoms with Crippen LogP contribution in [0.4, 0.5) is 18.9 Å². The van der Waals surface area contributed by atoms with Gasteiger partial charge < -0.3 is 10.6 Å². The van der Waals surface area contributed by atoms with Crippen molar-refractivity contribution in [2.24, 2.45) is 0 Å². The molecule has 0 fully saturated rings. The van der Waals surface area contributed by atoms with Gasteiger partial charge in [0.25, 0.3) is 0 Å². The molecule has 1 heterocycles. The Balaban J connectivity index is 2.22. The topological polar surface area (TPSA) is 92.2 Å². The number of nitrogens with one attached hydrogen (secondary N) is 2. The Morgan fingerprint density at radius 1 is 1.23 bits per heavy atom. The number of amides is 2. The monoisotopic (exact) mass is 370 g/mol. The van der Waals surface area contributed by atoms with E-state index in [1.54, 1.807) is 7.05 Å². The molecule has 140 valence electrons. The van der Waals surface area contributed by atoms with E-state index >= 15 is 0 Å². The Bertz CT molecular complexity index is 776. The second-order valence-corrected chi connectivity index (χ2v) is 5.46. The fourth-order valence-corrected chi connectivity index (χ4v) is 2.16.